The normalized spacial score (nSPS) is 11.4. The van der Waals surface area contributed by atoms with Crippen molar-refractivity contribution < 1.29 is 62.2 Å². The van der Waals surface area contributed by atoms with E-state index in [1.165, 1.54) is 36.8 Å². The van der Waals surface area contributed by atoms with E-state index in [0.717, 1.165) is 8.68 Å². The highest BCUT2D eigenvalue weighted by molar-refractivity contribution is 7.44. The molecule has 4 N–H and O–H groups in total. The molecular formula is C12H16Cl2N2O6P2. The molecule has 0 atom stereocenters. The maximum absolute atomic E-state index is 11.4. The average molecular weight is 417 g/mol. The number of nitrogens with zero attached hydrogens (tertiary/aromatic N) is 2. The van der Waals surface area contributed by atoms with Crippen molar-refractivity contribution in [3.63, 3.8) is 0 Å². The lowest BCUT2D eigenvalue weighted by atomic mass is 10.1. The minimum Gasteiger partial charge on any atom is -1.00 e. The zero-order valence-corrected chi connectivity index (χ0v) is 15.7. The zero-order chi connectivity index (χ0) is 16.5. The van der Waals surface area contributed by atoms with Gasteiger partial charge in [-0.05, 0) is 11.1 Å². The van der Waals surface area contributed by atoms with Gasteiger partial charge in [0.15, 0.2) is 24.3 Å². The van der Waals surface area contributed by atoms with Crippen LogP contribution in [0.1, 0.15) is 12.6 Å². The number of halogens is 2. The van der Waals surface area contributed by atoms with Gasteiger partial charge in [0.25, 0.3) is 0 Å². The number of aryl methyl sites for hydroxylation is 1. The first kappa shape index (κ1) is 23.2. The molecule has 0 fully saturated rings. The molecule has 8 nitrogen and oxygen atoms in total. The lowest BCUT2D eigenvalue weighted by Crippen LogP contribution is -3.00. The summed E-state index contributed by atoms with van der Waals surface area (Å²) in [5.41, 5.74) is 1.83. The topological polar surface area (TPSA) is 123 Å². The van der Waals surface area contributed by atoms with Gasteiger partial charge in [0.1, 0.15) is 0 Å². The van der Waals surface area contributed by atoms with Gasteiger partial charge in [0, 0.05) is 30.7 Å². The van der Waals surface area contributed by atoms with Crippen molar-refractivity contribution in [1.82, 2.24) is 0 Å². The molecular weight excluding hydrogens is 401 g/mol. The summed E-state index contributed by atoms with van der Waals surface area (Å²) in [6.45, 7) is 1.78. The fraction of sp³-hybridized carbons (Fsp3) is 0.167. The Morgan fingerprint density at radius 1 is 0.875 bits per heavy atom. The number of pyridine rings is 2. The molecule has 2 aromatic heterocycles. The summed E-state index contributed by atoms with van der Waals surface area (Å²) in [7, 11) is -8.77. The highest BCUT2D eigenvalue weighted by Crippen LogP contribution is 2.31. The molecule has 0 saturated heterocycles. The molecule has 0 amide bonds. The fourth-order valence-electron chi connectivity index (χ4n) is 2.02. The van der Waals surface area contributed by atoms with Crippen LogP contribution in [0.2, 0.25) is 0 Å². The highest BCUT2D eigenvalue weighted by Gasteiger charge is 2.31. The third-order valence-electron chi connectivity index (χ3n) is 3.10. The SMILES string of the molecule is CCc1cc(-c2cc[n+](P(=O)(O)O)cc2)cc[n+]1P(=O)(O)O.[Cl-].[Cl-]. The summed E-state index contributed by atoms with van der Waals surface area (Å²) < 4.78 is 24.2. The molecule has 2 rings (SSSR count). The van der Waals surface area contributed by atoms with E-state index in [2.05, 4.69) is 0 Å². The van der Waals surface area contributed by atoms with Crippen molar-refractivity contribution in [1.29, 1.82) is 0 Å². The van der Waals surface area contributed by atoms with Crippen molar-refractivity contribution >= 4 is 15.5 Å². The second kappa shape index (κ2) is 8.52. The summed E-state index contributed by atoms with van der Waals surface area (Å²) in [6, 6.07) is 6.22. The smallest absolute Gasteiger partial charge is 0.607 e. The van der Waals surface area contributed by atoms with Gasteiger partial charge in [-0.3, -0.25) is 19.6 Å². The van der Waals surface area contributed by atoms with Crippen LogP contribution < -0.4 is 33.5 Å². The Balaban J connectivity index is 0.00000264. The standard InChI is InChI=1S/C12H14N2O6P2.2ClH/c1-2-12-9-11(5-8-14(12)22(18,19)20)10-3-6-13(7-4-10)21(15,16)17;;/h3-9H,2H2,1H3,(H2-2,15,16,17,18,19,20);2*1H. The van der Waals surface area contributed by atoms with Crippen molar-refractivity contribution in [2.45, 2.75) is 13.3 Å². The van der Waals surface area contributed by atoms with Crippen LogP contribution in [0.3, 0.4) is 0 Å². The Morgan fingerprint density at radius 2 is 1.38 bits per heavy atom. The van der Waals surface area contributed by atoms with E-state index in [1.54, 1.807) is 13.0 Å². The van der Waals surface area contributed by atoms with Crippen LogP contribution in [0.5, 0.6) is 0 Å². The molecule has 12 heteroatoms. The Labute approximate surface area is 151 Å². The molecule has 0 saturated carbocycles. The largest absolute Gasteiger partial charge is 1.00 e. The molecule has 0 aromatic carbocycles. The summed E-state index contributed by atoms with van der Waals surface area (Å²) in [6.07, 6.45) is 4.24. The molecule has 2 heterocycles. The zero-order valence-electron chi connectivity index (χ0n) is 12.4. The average Bonchev–Trinajstić information content (AvgIpc) is 2.45. The molecule has 0 spiro atoms. The third kappa shape index (κ3) is 5.34. The van der Waals surface area contributed by atoms with E-state index in [0.29, 0.717) is 23.2 Å². The maximum Gasteiger partial charge on any atom is 0.607 e. The van der Waals surface area contributed by atoms with E-state index in [1.807, 2.05) is 0 Å². The van der Waals surface area contributed by atoms with Crippen LogP contribution in [0, 0.1) is 0 Å². The van der Waals surface area contributed by atoms with Gasteiger partial charge in [-0.1, -0.05) is 6.92 Å². The van der Waals surface area contributed by atoms with E-state index >= 15 is 0 Å². The van der Waals surface area contributed by atoms with Gasteiger partial charge in [0.05, 0.1) is 0 Å². The minimum absolute atomic E-state index is 0. The molecule has 134 valence electrons. The third-order valence-corrected chi connectivity index (χ3v) is 4.92. The van der Waals surface area contributed by atoms with Crippen molar-refractivity contribution in [3.8, 4) is 11.1 Å². The summed E-state index contributed by atoms with van der Waals surface area (Å²) in [5, 5.41) is 0. The van der Waals surface area contributed by atoms with E-state index in [4.69, 9.17) is 9.79 Å². The predicted octanol–water partition coefficient (Wildman–Crippen LogP) is -5.62. The summed E-state index contributed by atoms with van der Waals surface area (Å²) in [5.74, 6) is 0. The molecule has 0 unspecified atom stereocenters. The molecule has 0 radical (unpaired) electrons. The van der Waals surface area contributed by atoms with Crippen LogP contribution in [0.4, 0.5) is 0 Å². The van der Waals surface area contributed by atoms with E-state index < -0.39 is 15.5 Å². The van der Waals surface area contributed by atoms with Crippen LogP contribution in [0.25, 0.3) is 11.1 Å². The second-order valence-corrected chi connectivity index (χ2v) is 7.54. The monoisotopic (exact) mass is 416 g/mol. The van der Waals surface area contributed by atoms with Crippen LogP contribution >= 0.6 is 15.5 Å². The van der Waals surface area contributed by atoms with E-state index in [9.17, 15) is 18.9 Å². The predicted molar refractivity (Wildman–Crippen MR) is 76.5 cm³/mol. The maximum atomic E-state index is 11.4. The lowest BCUT2D eigenvalue weighted by molar-refractivity contribution is -0.548. The number of rotatable bonds is 4. The molecule has 0 aliphatic heterocycles. The molecule has 0 aliphatic carbocycles. The molecule has 0 aliphatic rings. The Hall–Kier alpha value is -0.820. The van der Waals surface area contributed by atoms with Gasteiger partial charge in [0.2, 0.25) is 0 Å². The van der Waals surface area contributed by atoms with Crippen LogP contribution in [-0.2, 0) is 15.6 Å². The number of hydrogen-bond acceptors (Lipinski definition) is 2. The fourth-order valence-corrected chi connectivity index (χ4v) is 3.28. The van der Waals surface area contributed by atoms with Crippen molar-refractivity contribution in [2.24, 2.45) is 0 Å². The Kier molecular flexibility index (Phi) is 8.23. The first-order valence-corrected chi connectivity index (χ1v) is 9.45. The molecule has 2 aromatic rings. The minimum atomic E-state index is -4.40. The Bertz CT molecular complexity index is 791. The number of hydrogen-bond donors (Lipinski definition) is 4. The van der Waals surface area contributed by atoms with Crippen LogP contribution in [-0.4, -0.2) is 19.6 Å². The lowest BCUT2D eigenvalue weighted by Gasteiger charge is -2.06. The summed E-state index contributed by atoms with van der Waals surface area (Å²) in [4.78, 5) is 36.6. The highest BCUT2D eigenvalue weighted by atomic mass is 35.5. The molecule has 24 heavy (non-hydrogen) atoms. The molecule has 0 bridgehead atoms. The summed E-state index contributed by atoms with van der Waals surface area (Å²) >= 11 is 0. The number of aromatic nitrogens is 2. The second-order valence-electron chi connectivity index (χ2n) is 4.60. The van der Waals surface area contributed by atoms with Crippen molar-refractivity contribution in [2.75, 3.05) is 0 Å². The Morgan fingerprint density at radius 3 is 1.79 bits per heavy atom. The quantitative estimate of drug-likeness (QED) is 0.368. The first-order chi connectivity index (χ1) is 10.1. The van der Waals surface area contributed by atoms with Crippen molar-refractivity contribution in [3.05, 3.63) is 48.5 Å². The van der Waals surface area contributed by atoms with Gasteiger partial charge in [-0.25, -0.2) is 0 Å². The van der Waals surface area contributed by atoms with Gasteiger partial charge in [-0.2, -0.15) is 9.13 Å². The van der Waals surface area contributed by atoms with Gasteiger partial charge in [-0.15, -0.1) is 8.68 Å². The van der Waals surface area contributed by atoms with Crippen LogP contribution in [0.15, 0.2) is 42.9 Å². The van der Waals surface area contributed by atoms with E-state index in [-0.39, 0.29) is 24.8 Å². The van der Waals surface area contributed by atoms with Gasteiger partial charge >= 0.3 is 15.5 Å². The first-order valence-electron chi connectivity index (χ1n) is 6.32. The van der Waals surface area contributed by atoms with Gasteiger partial charge < -0.3 is 24.8 Å².